The lowest BCUT2D eigenvalue weighted by molar-refractivity contribution is -0.123. The molecule has 21 heavy (non-hydrogen) atoms. The number of amides is 1. The molecule has 2 atom stereocenters. The van der Waals surface area contributed by atoms with Crippen molar-refractivity contribution in [2.45, 2.75) is 23.8 Å². The van der Waals surface area contributed by atoms with Gasteiger partial charge in [-0.15, -0.1) is 0 Å². The van der Waals surface area contributed by atoms with Crippen molar-refractivity contribution in [1.29, 1.82) is 0 Å². The van der Waals surface area contributed by atoms with E-state index >= 15 is 0 Å². The average molecular weight is 313 g/mol. The third kappa shape index (κ3) is 4.80. The maximum Gasteiger partial charge on any atom is 0.279 e. The zero-order valence-electron chi connectivity index (χ0n) is 11.9. The second kappa shape index (κ2) is 7.02. The van der Waals surface area contributed by atoms with Gasteiger partial charge in [0.05, 0.1) is 22.4 Å². The Kier molecular flexibility index (Phi) is 5.33. The van der Waals surface area contributed by atoms with E-state index in [1.165, 1.54) is 30.5 Å². The van der Waals surface area contributed by atoms with Crippen LogP contribution in [-0.2, 0) is 24.0 Å². The van der Waals surface area contributed by atoms with E-state index in [-0.39, 0.29) is 18.5 Å². The van der Waals surface area contributed by atoms with Crippen LogP contribution in [0, 0.1) is 0 Å². The number of ether oxygens (including phenoxy) is 2. The standard InChI is InChI=1S/C14H19NO5S/c1-21(18,13-6-4-11(16)5-7-13)15-14(17)10-19-9-12-3-2-8-20-12/h4-7,12,16H,2-3,8-10H2,1H3. The van der Waals surface area contributed by atoms with Gasteiger partial charge in [-0.1, -0.05) is 0 Å². The Morgan fingerprint density at radius 1 is 1.48 bits per heavy atom. The van der Waals surface area contributed by atoms with E-state index in [1.54, 1.807) is 0 Å². The van der Waals surface area contributed by atoms with Crippen LogP contribution >= 0.6 is 0 Å². The number of rotatable bonds is 5. The Balaban J connectivity index is 1.91. The van der Waals surface area contributed by atoms with E-state index in [2.05, 4.69) is 4.36 Å². The predicted molar refractivity (Wildman–Crippen MR) is 77.7 cm³/mol. The highest BCUT2D eigenvalue weighted by atomic mass is 32.2. The van der Waals surface area contributed by atoms with Crippen LogP contribution in [0.5, 0.6) is 5.75 Å². The first-order valence-electron chi connectivity index (χ1n) is 6.71. The molecule has 1 fully saturated rings. The first-order valence-corrected chi connectivity index (χ1v) is 8.63. The van der Waals surface area contributed by atoms with Crippen molar-refractivity contribution in [3.63, 3.8) is 0 Å². The molecule has 0 spiro atoms. The molecule has 0 radical (unpaired) electrons. The van der Waals surface area contributed by atoms with Gasteiger partial charge in [-0.25, -0.2) is 4.21 Å². The summed E-state index contributed by atoms with van der Waals surface area (Å²) in [5.41, 5.74) is 0. The Hall–Kier alpha value is -1.44. The molecule has 2 rings (SSSR count). The number of phenolic OH excluding ortho intramolecular Hbond substituents is 1. The van der Waals surface area contributed by atoms with Crippen LogP contribution in [0.4, 0.5) is 0 Å². The summed E-state index contributed by atoms with van der Waals surface area (Å²) in [6.07, 6.45) is 3.37. The van der Waals surface area contributed by atoms with Crippen LogP contribution in [0.2, 0.25) is 0 Å². The molecular formula is C14H19NO5S. The van der Waals surface area contributed by atoms with E-state index in [0.717, 1.165) is 19.4 Å². The van der Waals surface area contributed by atoms with Gasteiger partial charge in [-0.3, -0.25) is 4.79 Å². The molecule has 0 saturated carbocycles. The van der Waals surface area contributed by atoms with Gasteiger partial charge in [0.25, 0.3) is 5.91 Å². The van der Waals surface area contributed by atoms with Crippen LogP contribution in [0.1, 0.15) is 12.8 Å². The van der Waals surface area contributed by atoms with Gasteiger partial charge in [-0.05, 0) is 37.1 Å². The highest BCUT2D eigenvalue weighted by Crippen LogP contribution is 2.16. The molecule has 1 aromatic carbocycles. The highest BCUT2D eigenvalue weighted by Gasteiger charge is 2.16. The van der Waals surface area contributed by atoms with Gasteiger partial charge in [0.15, 0.2) is 0 Å². The molecular weight excluding hydrogens is 294 g/mol. The summed E-state index contributed by atoms with van der Waals surface area (Å²) < 4.78 is 26.7. The third-order valence-electron chi connectivity index (χ3n) is 3.10. The maximum atomic E-state index is 12.4. The van der Waals surface area contributed by atoms with Crippen LogP contribution in [0.3, 0.4) is 0 Å². The van der Waals surface area contributed by atoms with Crippen LogP contribution in [0.25, 0.3) is 0 Å². The molecule has 1 heterocycles. The minimum Gasteiger partial charge on any atom is -0.508 e. The maximum absolute atomic E-state index is 12.4. The lowest BCUT2D eigenvalue weighted by Crippen LogP contribution is -2.18. The van der Waals surface area contributed by atoms with Gasteiger partial charge in [-0.2, -0.15) is 4.36 Å². The van der Waals surface area contributed by atoms with Crippen molar-refractivity contribution in [3.8, 4) is 5.75 Å². The first-order chi connectivity index (χ1) is 9.97. The summed E-state index contributed by atoms with van der Waals surface area (Å²) in [7, 11) is -2.82. The molecule has 1 N–H and O–H groups in total. The van der Waals surface area contributed by atoms with Crippen molar-refractivity contribution in [1.82, 2.24) is 0 Å². The number of nitrogens with zero attached hydrogens (tertiary/aromatic N) is 1. The molecule has 2 unspecified atom stereocenters. The number of benzene rings is 1. The highest BCUT2D eigenvalue weighted by molar-refractivity contribution is 7.93. The number of phenols is 1. The average Bonchev–Trinajstić information content (AvgIpc) is 2.92. The monoisotopic (exact) mass is 313 g/mol. The van der Waals surface area contributed by atoms with Crippen LogP contribution in [0.15, 0.2) is 33.5 Å². The van der Waals surface area contributed by atoms with Crippen molar-refractivity contribution in [2.24, 2.45) is 4.36 Å². The number of aromatic hydroxyl groups is 1. The van der Waals surface area contributed by atoms with Crippen molar-refractivity contribution >= 4 is 15.6 Å². The van der Waals surface area contributed by atoms with Gasteiger partial charge in [0.1, 0.15) is 12.4 Å². The second-order valence-corrected chi connectivity index (χ2v) is 7.19. The Morgan fingerprint density at radius 3 is 2.81 bits per heavy atom. The van der Waals surface area contributed by atoms with Gasteiger partial charge in [0.2, 0.25) is 0 Å². The Bertz CT molecular complexity index is 598. The van der Waals surface area contributed by atoms with Crippen molar-refractivity contribution in [3.05, 3.63) is 24.3 Å². The van der Waals surface area contributed by atoms with Crippen molar-refractivity contribution < 1.29 is 23.6 Å². The third-order valence-corrected chi connectivity index (χ3v) is 4.80. The fourth-order valence-corrected chi connectivity index (χ4v) is 3.21. The molecule has 116 valence electrons. The van der Waals surface area contributed by atoms with Gasteiger partial charge in [0, 0.05) is 17.8 Å². The van der Waals surface area contributed by atoms with Crippen LogP contribution < -0.4 is 0 Å². The quantitative estimate of drug-likeness (QED) is 0.892. The number of hydrogen-bond donors (Lipinski definition) is 1. The fourth-order valence-electron chi connectivity index (χ4n) is 2.03. The normalized spacial score (nSPS) is 20.9. The smallest absolute Gasteiger partial charge is 0.279 e. The molecule has 1 saturated heterocycles. The molecule has 0 aliphatic carbocycles. The van der Waals surface area contributed by atoms with Gasteiger partial charge >= 0.3 is 0 Å². The van der Waals surface area contributed by atoms with E-state index in [4.69, 9.17) is 9.47 Å². The summed E-state index contributed by atoms with van der Waals surface area (Å²) in [5.74, 6) is -0.492. The summed E-state index contributed by atoms with van der Waals surface area (Å²) in [5, 5.41) is 9.20. The number of carbonyl (C=O) groups excluding carboxylic acids is 1. The lowest BCUT2D eigenvalue weighted by atomic mass is 10.2. The minimum absolute atomic E-state index is 0.0425. The Morgan fingerprint density at radius 2 is 2.19 bits per heavy atom. The topological polar surface area (TPSA) is 85.2 Å². The summed E-state index contributed by atoms with van der Waals surface area (Å²) in [6, 6.07) is 5.79. The van der Waals surface area contributed by atoms with E-state index < -0.39 is 15.6 Å². The summed E-state index contributed by atoms with van der Waals surface area (Å²) in [4.78, 5) is 12.1. The minimum atomic E-state index is -2.82. The van der Waals surface area contributed by atoms with Crippen LogP contribution in [-0.4, -0.2) is 47.4 Å². The SMILES string of the molecule is CS(=O)(=NC(=O)COCC1CCCO1)c1ccc(O)cc1. The first kappa shape index (κ1) is 15.9. The second-order valence-electron chi connectivity index (χ2n) is 4.93. The summed E-state index contributed by atoms with van der Waals surface area (Å²) in [6.45, 7) is 0.879. The fraction of sp³-hybridized carbons (Fsp3) is 0.500. The predicted octanol–water partition coefficient (Wildman–Crippen LogP) is 1.57. The summed E-state index contributed by atoms with van der Waals surface area (Å²) >= 11 is 0. The largest absolute Gasteiger partial charge is 0.508 e. The molecule has 1 amide bonds. The lowest BCUT2D eigenvalue weighted by Gasteiger charge is -2.09. The zero-order valence-corrected chi connectivity index (χ0v) is 12.7. The molecule has 0 bridgehead atoms. The molecule has 1 aromatic rings. The van der Waals surface area contributed by atoms with E-state index in [9.17, 15) is 14.1 Å². The number of hydrogen-bond acceptors (Lipinski definition) is 5. The molecule has 1 aliphatic rings. The van der Waals surface area contributed by atoms with E-state index in [0.29, 0.717) is 11.5 Å². The number of carbonyl (C=O) groups is 1. The van der Waals surface area contributed by atoms with Crippen molar-refractivity contribution in [2.75, 3.05) is 26.1 Å². The molecule has 7 heteroatoms. The molecule has 1 aliphatic heterocycles. The zero-order chi connectivity index (χ0) is 15.3. The van der Waals surface area contributed by atoms with Gasteiger partial charge < -0.3 is 14.6 Å². The molecule has 6 nitrogen and oxygen atoms in total. The molecule has 0 aromatic heterocycles. The van der Waals surface area contributed by atoms with E-state index in [1.807, 2.05) is 0 Å². The Labute approximate surface area is 124 Å².